The van der Waals surface area contributed by atoms with Crippen LogP contribution in [0.4, 0.5) is 5.69 Å². The number of hydrogen-bond acceptors (Lipinski definition) is 3. The zero-order valence-electron chi connectivity index (χ0n) is 14.6. The quantitative estimate of drug-likeness (QED) is 0.758. The molecule has 0 aliphatic rings. The molecule has 1 N–H and O–H groups in total. The molecule has 0 bridgehead atoms. The molecule has 25 heavy (non-hydrogen) atoms. The molecule has 1 heterocycles. The third kappa shape index (κ3) is 3.15. The molecule has 0 saturated carbocycles. The van der Waals surface area contributed by atoms with Gasteiger partial charge in [0.25, 0.3) is 5.91 Å². The van der Waals surface area contributed by atoms with Gasteiger partial charge in [-0.15, -0.1) is 5.10 Å². The van der Waals surface area contributed by atoms with Gasteiger partial charge in [-0.1, -0.05) is 35.0 Å². The Hall–Kier alpha value is -2.66. The Morgan fingerprint density at radius 2 is 1.76 bits per heavy atom. The van der Waals surface area contributed by atoms with E-state index in [9.17, 15) is 4.79 Å². The highest BCUT2D eigenvalue weighted by Gasteiger charge is 2.19. The summed E-state index contributed by atoms with van der Waals surface area (Å²) in [7, 11) is 0. The van der Waals surface area contributed by atoms with Gasteiger partial charge in [0.15, 0.2) is 5.69 Å². The second kappa shape index (κ2) is 6.69. The molecule has 0 radical (unpaired) electrons. The Labute approximate surface area is 151 Å². The summed E-state index contributed by atoms with van der Waals surface area (Å²) in [5.41, 5.74) is 5.58. The summed E-state index contributed by atoms with van der Waals surface area (Å²) in [4.78, 5) is 12.6. The Balaban J connectivity index is 1.94. The fourth-order valence-electron chi connectivity index (χ4n) is 2.66. The Morgan fingerprint density at radius 3 is 2.52 bits per heavy atom. The molecule has 0 spiro atoms. The van der Waals surface area contributed by atoms with E-state index in [-0.39, 0.29) is 5.91 Å². The predicted molar refractivity (Wildman–Crippen MR) is 99.7 cm³/mol. The number of halogens is 1. The molecular weight excluding hydrogens is 336 g/mol. The van der Waals surface area contributed by atoms with Gasteiger partial charge in [-0.3, -0.25) is 4.79 Å². The van der Waals surface area contributed by atoms with Gasteiger partial charge in [-0.2, -0.15) is 0 Å². The lowest BCUT2D eigenvalue weighted by Crippen LogP contribution is -2.15. The van der Waals surface area contributed by atoms with Crippen molar-refractivity contribution in [1.29, 1.82) is 0 Å². The fraction of sp³-hybridized carbons (Fsp3) is 0.211. The van der Waals surface area contributed by atoms with Gasteiger partial charge in [0.2, 0.25) is 0 Å². The monoisotopic (exact) mass is 354 g/mol. The molecule has 0 unspecified atom stereocenters. The summed E-state index contributed by atoms with van der Waals surface area (Å²) in [5.74, 6) is -0.280. The third-order valence-corrected chi connectivity index (χ3v) is 4.84. The van der Waals surface area contributed by atoms with E-state index in [1.54, 1.807) is 4.68 Å². The van der Waals surface area contributed by atoms with Crippen LogP contribution in [0.15, 0.2) is 36.4 Å². The molecular formula is C19H19ClN4O. The second-order valence-corrected chi connectivity index (χ2v) is 6.43. The molecule has 0 atom stereocenters. The molecule has 1 aromatic heterocycles. The number of carbonyl (C=O) groups excluding carboxylic acids is 1. The van der Waals surface area contributed by atoms with Crippen LogP contribution in [0.1, 0.15) is 32.9 Å². The van der Waals surface area contributed by atoms with E-state index >= 15 is 0 Å². The summed E-state index contributed by atoms with van der Waals surface area (Å²) < 4.78 is 1.64. The Morgan fingerprint density at radius 1 is 1.04 bits per heavy atom. The first kappa shape index (κ1) is 17.2. The van der Waals surface area contributed by atoms with Crippen molar-refractivity contribution in [3.05, 3.63) is 69.5 Å². The van der Waals surface area contributed by atoms with Gasteiger partial charge in [0, 0.05) is 10.7 Å². The third-order valence-electron chi connectivity index (χ3n) is 4.43. The number of anilines is 1. The van der Waals surface area contributed by atoms with Crippen molar-refractivity contribution >= 4 is 23.2 Å². The molecule has 5 nitrogen and oxygen atoms in total. The van der Waals surface area contributed by atoms with Crippen molar-refractivity contribution in [2.75, 3.05) is 5.32 Å². The van der Waals surface area contributed by atoms with Crippen LogP contribution in [-0.4, -0.2) is 20.9 Å². The minimum atomic E-state index is -0.280. The van der Waals surface area contributed by atoms with Crippen molar-refractivity contribution in [1.82, 2.24) is 15.0 Å². The largest absolute Gasteiger partial charge is 0.320 e. The van der Waals surface area contributed by atoms with Crippen LogP contribution in [0.5, 0.6) is 0 Å². The van der Waals surface area contributed by atoms with Crippen LogP contribution in [0, 0.1) is 27.7 Å². The van der Waals surface area contributed by atoms with Gasteiger partial charge < -0.3 is 5.32 Å². The van der Waals surface area contributed by atoms with Crippen LogP contribution in [0.3, 0.4) is 0 Å². The highest BCUT2D eigenvalue weighted by molar-refractivity contribution is 6.31. The minimum absolute atomic E-state index is 0.280. The van der Waals surface area contributed by atoms with Crippen molar-refractivity contribution in [3.63, 3.8) is 0 Å². The number of nitrogens with zero attached hydrogens (tertiary/aromatic N) is 3. The van der Waals surface area contributed by atoms with Crippen LogP contribution >= 0.6 is 11.6 Å². The van der Waals surface area contributed by atoms with Crippen molar-refractivity contribution < 1.29 is 4.79 Å². The summed E-state index contributed by atoms with van der Waals surface area (Å²) in [6.45, 7) is 7.71. The maximum Gasteiger partial charge on any atom is 0.278 e. The lowest BCUT2D eigenvalue weighted by molar-refractivity contribution is 0.102. The SMILES string of the molecule is Cc1cccc(NC(=O)c2nnn(-c3cccc(Cl)c3C)c2C)c1C. The molecule has 6 heteroatoms. The first-order valence-corrected chi connectivity index (χ1v) is 8.33. The molecule has 2 aromatic carbocycles. The standard InChI is InChI=1S/C19H19ClN4O/c1-11-7-5-9-16(12(11)2)21-19(25)18-14(4)24(23-22-18)17-10-6-8-15(20)13(17)3/h5-10H,1-4H3,(H,21,25). The van der Waals surface area contributed by atoms with E-state index in [0.717, 1.165) is 28.1 Å². The molecule has 0 fully saturated rings. The van der Waals surface area contributed by atoms with Crippen LogP contribution in [0.25, 0.3) is 5.69 Å². The van der Waals surface area contributed by atoms with Crippen molar-refractivity contribution in [2.24, 2.45) is 0 Å². The lowest BCUT2D eigenvalue weighted by atomic mass is 10.1. The van der Waals surface area contributed by atoms with Crippen LogP contribution in [0.2, 0.25) is 5.02 Å². The normalized spacial score (nSPS) is 10.8. The summed E-state index contributed by atoms with van der Waals surface area (Å²) in [6, 6.07) is 11.4. The number of aromatic nitrogens is 3. The van der Waals surface area contributed by atoms with Crippen LogP contribution in [-0.2, 0) is 0 Å². The van der Waals surface area contributed by atoms with E-state index in [0.29, 0.717) is 16.4 Å². The average Bonchev–Trinajstić information content (AvgIpc) is 2.96. The summed E-state index contributed by atoms with van der Waals surface area (Å²) in [6.07, 6.45) is 0. The maximum absolute atomic E-state index is 12.6. The van der Waals surface area contributed by atoms with Crippen molar-refractivity contribution in [2.45, 2.75) is 27.7 Å². The topological polar surface area (TPSA) is 59.8 Å². The number of nitrogens with one attached hydrogen (secondary N) is 1. The van der Waals surface area contributed by atoms with E-state index < -0.39 is 0 Å². The molecule has 3 rings (SSSR count). The van der Waals surface area contributed by atoms with E-state index in [1.807, 2.05) is 64.1 Å². The number of amides is 1. The Bertz CT molecular complexity index is 962. The molecule has 0 saturated heterocycles. The average molecular weight is 355 g/mol. The van der Waals surface area contributed by atoms with E-state index in [1.165, 1.54) is 0 Å². The number of benzene rings is 2. The first-order chi connectivity index (χ1) is 11.9. The van der Waals surface area contributed by atoms with Gasteiger partial charge >= 0.3 is 0 Å². The van der Waals surface area contributed by atoms with Crippen LogP contribution < -0.4 is 5.32 Å². The summed E-state index contributed by atoms with van der Waals surface area (Å²) >= 11 is 6.18. The van der Waals surface area contributed by atoms with Gasteiger partial charge in [0.05, 0.1) is 11.4 Å². The predicted octanol–water partition coefficient (Wildman–Crippen LogP) is 4.41. The molecule has 0 aliphatic carbocycles. The van der Waals surface area contributed by atoms with Gasteiger partial charge in [-0.05, 0) is 62.6 Å². The molecule has 3 aromatic rings. The summed E-state index contributed by atoms with van der Waals surface area (Å²) in [5, 5.41) is 11.8. The zero-order valence-corrected chi connectivity index (χ0v) is 15.3. The number of aryl methyl sites for hydroxylation is 1. The lowest BCUT2D eigenvalue weighted by Gasteiger charge is -2.10. The van der Waals surface area contributed by atoms with E-state index in [4.69, 9.17) is 11.6 Å². The second-order valence-electron chi connectivity index (χ2n) is 6.02. The van der Waals surface area contributed by atoms with Crippen molar-refractivity contribution in [3.8, 4) is 5.69 Å². The van der Waals surface area contributed by atoms with Gasteiger partial charge in [0.1, 0.15) is 0 Å². The first-order valence-electron chi connectivity index (χ1n) is 7.95. The number of hydrogen-bond donors (Lipinski definition) is 1. The fourth-order valence-corrected chi connectivity index (χ4v) is 2.83. The van der Waals surface area contributed by atoms with E-state index in [2.05, 4.69) is 15.6 Å². The smallest absolute Gasteiger partial charge is 0.278 e. The Kier molecular flexibility index (Phi) is 4.59. The number of carbonyl (C=O) groups is 1. The molecule has 128 valence electrons. The zero-order chi connectivity index (χ0) is 18.1. The molecule has 0 aliphatic heterocycles. The minimum Gasteiger partial charge on any atom is -0.320 e. The number of rotatable bonds is 3. The maximum atomic E-state index is 12.6. The van der Waals surface area contributed by atoms with Gasteiger partial charge in [-0.25, -0.2) is 4.68 Å². The highest BCUT2D eigenvalue weighted by atomic mass is 35.5. The highest BCUT2D eigenvalue weighted by Crippen LogP contribution is 2.24. The molecule has 1 amide bonds.